The zero-order valence-corrected chi connectivity index (χ0v) is 4.39. The third kappa shape index (κ3) is 6.98. The van der Waals surface area contributed by atoms with Gasteiger partial charge in [0.05, 0.1) is 12.1 Å². The lowest BCUT2D eigenvalue weighted by Crippen LogP contribution is -2.01. The molecule has 2 heteroatoms. The van der Waals surface area contributed by atoms with Crippen LogP contribution in [0.15, 0.2) is 0 Å². The van der Waals surface area contributed by atoms with Crippen LogP contribution in [-0.2, 0) is 0 Å². The van der Waals surface area contributed by atoms with E-state index in [0.717, 1.165) is 0 Å². The van der Waals surface area contributed by atoms with Crippen LogP contribution in [0.5, 0.6) is 0 Å². The van der Waals surface area contributed by atoms with Crippen molar-refractivity contribution in [3.63, 3.8) is 0 Å². The van der Waals surface area contributed by atoms with Crippen molar-refractivity contribution in [2.75, 3.05) is 0 Å². The molecular formula is C7H14N2. The highest BCUT2D eigenvalue weighted by atomic mass is 14.3. The van der Waals surface area contributed by atoms with Crippen LogP contribution in [0.3, 0.4) is 0 Å². The minimum absolute atomic E-state index is 0. The Labute approximate surface area is 57.7 Å². The van der Waals surface area contributed by atoms with E-state index in [0.29, 0.717) is 0 Å². The molecule has 52 valence electrons. The summed E-state index contributed by atoms with van der Waals surface area (Å²) in [6.45, 7) is 3.15. The van der Waals surface area contributed by atoms with Gasteiger partial charge in [0, 0.05) is 0 Å². The van der Waals surface area contributed by atoms with Gasteiger partial charge in [0.1, 0.15) is 5.41 Å². The highest BCUT2D eigenvalue weighted by Crippen LogP contribution is 2.08. The van der Waals surface area contributed by atoms with Crippen molar-refractivity contribution in [1.29, 1.82) is 10.5 Å². The maximum atomic E-state index is 8.12. The lowest BCUT2D eigenvalue weighted by Gasteiger charge is -1.97. The molecule has 0 amide bonds. The van der Waals surface area contributed by atoms with E-state index in [-0.39, 0.29) is 14.9 Å². The van der Waals surface area contributed by atoms with Gasteiger partial charge in [-0.05, 0) is 13.8 Å². The van der Waals surface area contributed by atoms with Crippen LogP contribution >= 0.6 is 0 Å². The molecule has 0 atom stereocenters. The Bertz CT molecular complexity index is 118. The molecule has 0 radical (unpaired) electrons. The molecule has 0 aliphatic rings. The number of hydrogen-bond donors (Lipinski definition) is 0. The first kappa shape index (κ1) is 15.7. The second-order valence-electron chi connectivity index (χ2n) is 1.85. The zero-order valence-electron chi connectivity index (χ0n) is 4.39. The van der Waals surface area contributed by atoms with Gasteiger partial charge in [-0.3, -0.25) is 0 Å². The van der Waals surface area contributed by atoms with Gasteiger partial charge < -0.3 is 0 Å². The maximum Gasteiger partial charge on any atom is 0.138 e. The quantitative estimate of drug-likeness (QED) is 0.500. The average Bonchev–Trinajstić information content (AvgIpc) is 1.68. The van der Waals surface area contributed by atoms with Crippen molar-refractivity contribution >= 4 is 0 Å². The summed E-state index contributed by atoms with van der Waals surface area (Å²) in [6.07, 6.45) is 0. The molecular weight excluding hydrogens is 112 g/mol. The van der Waals surface area contributed by atoms with Gasteiger partial charge in [0.2, 0.25) is 0 Å². The molecule has 0 aromatic carbocycles. The molecule has 0 spiro atoms. The predicted molar refractivity (Wildman–Crippen MR) is 38.5 cm³/mol. The van der Waals surface area contributed by atoms with Crippen LogP contribution in [-0.4, -0.2) is 0 Å². The van der Waals surface area contributed by atoms with Gasteiger partial charge >= 0.3 is 0 Å². The van der Waals surface area contributed by atoms with E-state index in [1.165, 1.54) is 0 Å². The summed E-state index contributed by atoms with van der Waals surface area (Å²) in [5.74, 6) is 0. The smallest absolute Gasteiger partial charge is 0.138 e. The molecule has 9 heavy (non-hydrogen) atoms. The Morgan fingerprint density at radius 1 is 1.00 bits per heavy atom. The van der Waals surface area contributed by atoms with Crippen LogP contribution in [0.4, 0.5) is 0 Å². The number of rotatable bonds is 0. The Morgan fingerprint density at radius 2 is 1.22 bits per heavy atom. The Morgan fingerprint density at radius 3 is 1.22 bits per heavy atom. The number of hydrogen-bond acceptors (Lipinski definition) is 2. The molecule has 0 fully saturated rings. The minimum Gasteiger partial charge on any atom is -0.197 e. The third-order valence-corrected chi connectivity index (χ3v) is 0.559. The molecule has 0 aromatic rings. The molecule has 0 unspecified atom stereocenters. The predicted octanol–water partition coefficient (Wildman–Crippen LogP) is 2.33. The van der Waals surface area contributed by atoms with Crippen molar-refractivity contribution in [1.82, 2.24) is 0 Å². The van der Waals surface area contributed by atoms with Crippen molar-refractivity contribution in [3.8, 4) is 12.1 Å². The Hall–Kier alpha value is -1.02. The fourth-order valence-electron chi connectivity index (χ4n) is 0.0250. The van der Waals surface area contributed by atoms with Crippen molar-refractivity contribution in [2.45, 2.75) is 28.7 Å². The first-order chi connectivity index (χ1) is 3.12. The summed E-state index contributed by atoms with van der Waals surface area (Å²) in [7, 11) is 0. The summed E-state index contributed by atoms with van der Waals surface area (Å²) in [5.41, 5.74) is -0.806. The molecule has 0 N–H and O–H groups in total. The first-order valence-corrected chi connectivity index (χ1v) is 1.95. The summed E-state index contributed by atoms with van der Waals surface area (Å²) < 4.78 is 0. The summed E-state index contributed by atoms with van der Waals surface area (Å²) >= 11 is 0. The van der Waals surface area contributed by atoms with Gasteiger partial charge in [-0.1, -0.05) is 14.9 Å². The van der Waals surface area contributed by atoms with Gasteiger partial charge in [-0.15, -0.1) is 0 Å². The van der Waals surface area contributed by atoms with E-state index in [4.69, 9.17) is 10.5 Å². The Balaban J connectivity index is -0.000000180. The van der Waals surface area contributed by atoms with E-state index >= 15 is 0 Å². The summed E-state index contributed by atoms with van der Waals surface area (Å²) in [6, 6.07) is 3.66. The van der Waals surface area contributed by atoms with Gasteiger partial charge in [0.25, 0.3) is 0 Å². The molecule has 0 heterocycles. The molecule has 0 aliphatic heterocycles. The lowest BCUT2D eigenvalue weighted by molar-refractivity contribution is 0.662. The van der Waals surface area contributed by atoms with Gasteiger partial charge in [0.15, 0.2) is 0 Å². The Kier molecular flexibility index (Phi) is 8.92. The van der Waals surface area contributed by atoms with Gasteiger partial charge in [-0.2, -0.15) is 10.5 Å². The van der Waals surface area contributed by atoms with Crippen molar-refractivity contribution in [2.24, 2.45) is 5.41 Å². The van der Waals surface area contributed by atoms with Crippen LogP contribution in [0, 0.1) is 28.1 Å². The van der Waals surface area contributed by atoms with E-state index in [1.807, 2.05) is 12.1 Å². The molecule has 2 nitrogen and oxygen atoms in total. The normalized spacial score (nSPS) is 7.11. The number of nitrogens with zero attached hydrogens (tertiary/aromatic N) is 2. The van der Waals surface area contributed by atoms with E-state index in [9.17, 15) is 0 Å². The van der Waals surface area contributed by atoms with Crippen LogP contribution < -0.4 is 0 Å². The molecule has 0 saturated carbocycles. The summed E-state index contributed by atoms with van der Waals surface area (Å²) in [4.78, 5) is 0. The molecule has 0 rings (SSSR count). The SMILES string of the molecule is C.C.CC(C)(C#N)C#N. The lowest BCUT2D eigenvalue weighted by atomic mass is 9.99. The molecule has 0 aliphatic carbocycles. The fraction of sp³-hybridized carbons (Fsp3) is 0.714. The number of nitriles is 2. The van der Waals surface area contributed by atoms with Crippen LogP contribution in [0.2, 0.25) is 0 Å². The highest BCUT2D eigenvalue weighted by molar-refractivity contribution is 5.07. The largest absolute Gasteiger partial charge is 0.197 e. The van der Waals surface area contributed by atoms with Gasteiger partial charge in [-0.25, -0.2) is 0 Å². The van der Waals surface area contributed by atoms with E-state index in [1.54, 1.807) is 13.8 Å². The van der Waals surface area contributed by atoms with E-state index < -0.39 is 5.41 Å². The monoisotopic (exact) mass is 126 g/mol. The van der Waals surface area contributed by atoms with E-state index in [2.05, 4.69) is 0 Å². The molecule has 0 aromatic heterocycles. The highest BCUT2D eigenvalue weighted by Gasteiger charge is 2.12. The zero-order chi connectivity index (χ0) is 5.91. The minimum atomic E-state index is -0.806. The molecule has 0 saturated heterocycles. The molecule has 0 bridgehead atoms. The van der Waals surface area contributed by atoms with Crippen LogP contribution in [0.1, 0.15) is 28.7 Å². The second-order valence-corrected chi connectivity index (χ2v) is 1.85. The first-order valence-electron chi connectivity index (χ1n) is 1.95. The second kappa shape index (κ2) is 5.12. The standard InChI is InChI=1S/C5H6N2.2CH4/c1-5(2,3-6)4-7;;/h1-2H3;2*1H4. The topological polar surface area (TPSA) is 47.6 Å². The fourth-order valence-corrected chi connectivity index (χ4v) is 0.0250. The van der Waals surface area contributed by atoms with Crippen molar-refractivity contribution in [3.05, 3.63) is 0 Å². The van der Waals surface area contributed by atoms with Crippen LogP contribution in [0.25, 0.3) is 0 Å². The average molecular weight is 126 g/mol. The third-order valence-electron chi connectivity index (χ3n) is 0.559. The summed E-state index contributed by atoms with van der Waals surface area (Å²) in [5, 5.41) is 16.2. The van der Waals surface area contributed by atoms with Crippen molar-refractivity contribution < 1.29 is 0 Å². The maximum absolute atomic E-state index is 8.12.